The number of aromatic amines is 1. The van der Waals surface area contributed by atoms with Crippen LogP contribution in [0.5, 0.6) is 11.5 Å². The Morgan fingerprint density at radius 3 is 2.57 bits per heavy atom. The van der Waals surface area contributed by atoms with Crippen LogP contribution in [0, 0.1) is 12.7 Å². The van der Waals surface area contributed by atoms with E-state index in [4.69, 9.17) is 26.1 Å². The quantitative estimate of drug-likeness (QED) is 0.389. The summed E-state index contributed by atoms with van der Waals surface area (Å²) in [5.41, 5.74) is 4.23. The highest BCUT2D eigenvalue weighted by molar-refractivity contribution is 6.30. The number of rotatable bonds is 6. The van der Waals surface area contributed by atoms with E-state index in [0.717, 1.165) is 22.6 Å². The van der Waals surface area contributed by atoms with Gasteiger partial charge in [0, 0.05) is 34.0 Å². The first-order valence-electron chi connectivity index (χ1n) is 9.41. The molecule has 0 atom stereocenters. The first-order valence-corrected chi connectivity index (χ1v) is 9.79. The number of hydrogen-bond acceptors (Lipinski definition) is 3. The molecular formula is C24H20ClFN2O2. The molecule has 30 heavy (non-hydrogen) atoms. The highest BCUT2D eigenvalue weighted by Crippen LogP contribution is 2.33. The summed E-state index contributed by atoms with van der Waals surface area (Å²) in [4.78, 5) is 7.91. The van der Waals surface area contributed by atoms with E-state index in [2.05, 4.69) is 4.98 Å². The Morgan fingerprint density at radius 2 is 1.83 bits per heavy atom. The molecule has 4 rings (SSSR count). The maximum Gasteiger partial charge on any atom is 0.138 e. The van der Waals surface area contributed by atoms with Gasteiger partial charge in [-0.1, -0.05) is 47.5 Å². The summed E-state index contributed by atoms with van der Waals surface area (Å²) in [6.45, 7) is 2.14. The summed E-state index contributed by atoms with van der Waals surface area (Å²) in [6, 6.07) is 18.1. The van der Waals surface area contributed by atoms with E-state index in [9.17, 15) is 4.39 Å². The molecule has 1 aromatic heterocycles. The second-order valence-corrected chi connectivity index (χ2v) is 7.32. The fourth-order valence-electron chi connectivity index (χ4n) is 3.09. The molecule has 0 saturated carbocycles. The SMILES string of the molecule is COc1cc(OCc2ccc(Cl)cc2F)ccc1-c1c[nH]c(-c2ccc(C)cc2)n1. The molecule has 0 amide bonds. The van der Waals surface area contributed by atoms with Gasteiger partial charge in [0.15, 0.2) is 0 Å². The number of H-pyrrole nitrogens is 1. The molecule has 0 bridgehead atoms. The van der Waals surface area contributed by atoms with Crippen molar-refractivity contribution in [2.24, 2.45) is 0 Å². The number of nitrogens with one attached hydrogen (secondary N) is 1. The highest BCUT2D eigenvalue weighted by atomic mass is 35.5. The van der Waals surface area contributed by atoms with Crippen molar-refractivity contribution in [1.29, 1.82) is 0 Å². The Morgan fingerprint density at radius 1 is 1.03 bits per heavy atom. The van der Waals surface area contributed by atoms with Crippen molar-refractivity contribution in [1.82, 2.24) is 9.97 Å². The van der Waals surface area contributed by atoms with Gasteiger partial charge < -0.3 is 14.5 Å². The fourth-order valence-corrected chi connectivity index (χ4v) is 3.25. The topological polar surface area (TPSA) is 47.1 Å². The Kier molecular flexibility index (Phi) is 5.72. The lowest BCUT2D eigenvalue weighted by molar-refractivity contribution is 0.297. The van der Waals surface area contributed by atoms with Crippen LogP contribution in [0.4, 0.5) is 4.39 Å². The number of benzene rings is 3. The minimum absolute atomic E-state index is 0.0888. The lowest BCUT2D eigenvalue weighted by atomic mass is 10.1. The summed E-state index contributed by atoms with van der Waals surface area (Å²) in [5, 5.41) is 0.353. The summed E-state index contributed by atoms with van der Waals surface area (Å²) in [5.74, 6) is 1.57. The standard InChI is InChI=1S/C24H20ClFN2O2/c1-15-3-5-16(6-4-15)24-27-13-22(28-24)20-10-9-19(12-23(20)29-2)30-14-17-7-8-18(25)11-21(17)26/h3-13H,14H2,1-2H3,(H,27,28). The van der Waals surface area contributed by atoms with E-state index < -0.39 is 5.82 Å². The largest absolute Gasteiger partial charge is 0.496 e. The van der Waals surface area contributed by atoms with Crippen LogP contribution in [-0.4, -0.2) is 17.1 Å². The van der Waals surface area contributed by atoms with Crippen molar-refractivity contribution in [3.8, 4) is 34.1 Å². The molecule has 0 unspecified atom stereocenters. The highest BCUT2D eigenvalue weighted by Gasteiger charge is 2.13. The third kappa shape index (κ3) is 4.31. The van der Waals surface area contributed by atoms with Gasteiger partial charge in [-0.3, -0.25) is 0 Å². The number of aromatic nitrogens is 2. The van der Waals surface area contributed by atoms with Crippen molar-refractivity contribution in [3.05, 3.63) is 88.8 Å². The van der Waals surface area contributed by atoms with Gasteiger partial charge in [-0.2, -0.15) is 0 Å². The Balaban J connectivity index is 1.54. The zero-order valence-corrected chi connectivity index (χ0v) is 17.3. The van der Waals surface area contributed by atoms with Crippen molar-refractivity contribution >= 4 is 11.6 Å². The monoisotopic (exact) mass is 422 g/mol. The number of halogens is 2. The fraction of sp³-hybridized carbons (Fsp3) is 0.125. The average Bonchev–Trinajstić information content (AvgIpc) is 3.23. The zero-order chi connectivity index (χ0) is 21.1. The van der Waals surface area contributed by atoms with Crippen LogP contribution in [0.2, 0.25) is 5.02 Å². The molecule has 0 spiro atoms. The number of aryl methyl sites for hydroxylation is 1. The number of nitrogens with zero attached hydrogens (tertiary/aromatic N) is 1. The van der Waals surface area contributed by atoms with Crippen molar-refractivity contribution < 1.29 is 13.9 Å². The van der Waals surface area contributed by atoms with E-state index in [-0.39, 0.29) is 6.61 Å². The maximum atomic E-state index is 13.9. The lowest BCUT2D eigenvalue weighted by Crippen LogP contribution is -1.99. The number of ether oxygens (including phenoxy) is 2. The van der Waals surface area contributed by atoms with Gasteiger partial charge in [-0.25, -0.2) is 9.37 Å². The van der Waals surface area contributed by atoms with Gasteiger partial charge in [-0.05, 0) is 31.2 Å². The van der Waals surface area contributed by atoms with Crippen LogP contribution >= 0.6 is 11.6 Å². The first kappa shape index (κ1) is 20.0. The number of hydrogen-bond donors (Lipinski definition) is 1. The molecule has 0 saturated heterocycles. The van der Waals surface area contributed by atoms with Crippen LogP contribution in [-0.2, 0) is 6.61 Å². The molecule has 0 fully saturated rings. The van der Waals surface area contributed by atoms with Crippen LogP contribution in [0.15, 0.2) is 66.9 Å². The van der Waals surface area contributed by atoms with Gasteiger partial charge in [-0.15, -0.1) is 0 Å². The Hall–Kier alpha value is -3.31. The van der Waals surface area contributed by atoms with Crippen molar-refractivity contribution in [2.75, 3.05) is 7.11 Å². The molecular weight excluding hydrogens is 403 g/mol. The molecule has 4 aromatic rings. The zero-order valence-electron chi connectivity index (χ0n) is 16.6. The average molecular weight is 423 g/mol. The minimum atomic E-state index is -0.397. The molecule has 1 heterocycles. The molecule has 1 N–H and O–H groups in total. The molecule has 3 aromatic carbocycles. The molecule has 0 aliphatic carbocycles. The van der Waals surface area contributed by atoms with Crippen LogP contribution in [0.3, 0.4) is 0 Å². The summed E-state index contributed by atoms with van der Waals surface area (Å²) < 4.78 is 25.2. The van der Waals surface area contributed by atoms with Crippen molar-refractivity contribution in [3.63, 3.8) is 0 Å². The van der Waals surface area contributed by atoms with E-state index in [0.29, 0.717) is 22.1 Å². The molecule has 0 aliphatic heterocycles. The van der Waals surface area contributed by atoms with Crippen LogP contribution < -0.4 is 9.47 Å². The molecule has 4 nitrogen and oxygen atoms in total. The predicted molar refractivity (Wildman–Crippen MR) is 116 cm³/mol. The minimum Gasteiger partial charge on any atom is -0.496 e. The Bertz CT molecular complexity index is 1170. The van der Waals surface area contributed by atoms with E-state index in [1.54, 1.807) is 25.3 Å². The third-order valence-corrected chi connectivity index (χ3v) is 5.00. The second-order valence-electron chi connectivity index (χ2n) is 6.89. The van der Waals surface area contributed by atoms with Gasteiger partial charge >= 0.3 is 0 Å². The lowest BCUT2D eigenvalue weighted by Gasteiger charge is -2.11. The first-order chi connectivity index (χ1) is 14.5. The molecule has 6 heteroatoms. The molecule has 0 aliphatic rings. The van der Waals surface area contributed by atoms with Crippen LogP contribution in [0.1, 0.15) is 11.1 Å². The van der Waals surface area contributed by atoms with E-state index >= 15 is 0 Å². The Labute approximate surface area is 179 Å². The maximum absolute atomic E-state index is 13.9. The second kappa shape index (κ2) is 8.59. The predicted octanol–water partition coefficient (Wildman–Crippen LogP) is 6.43. The van der Waals surface area contributed by atoms with Crippen LogP contribution in [0.25, 0.3) is 22.6 Å². The van der Waals surface area contributed by atoms with Gasteiger partial charge in [0.05, 0.1) is 12.8 Å². The van der Waals surface area contributed by atoms with E-state index in [1.807, 2.05) is 49.5 Å². The normalized spacial score (nSPS) is 10.8. The number of methoxy groups -OCH3 is 1. The molecule has 0 radical (unpaired) electrons. The van der Waals surface area contributed by atoms with Crippen molar-refractivity contribution in [2.45, 2.75) is 13.5 Å². The smallest absolute Gasteiger partial charge is 0.138 e. The summed E-state index contributed by atoms with van der Waals surface area (Å²) >= 11 is 5.79. The van der Waals surface area contributed by atoms with Gasteiger partial charge in [0.25, 0.3) is 0 Å². The molecule has 152 valence electrons. The van der Waals surface area contributed by atoms with Gasteiger partial charge in [0.1, 0.15) is 29.7 Å². The van der Waals surface area contributed by atoms with Gasteiger partial charge in [0.2, 0.25) is 0 Å². The summed E-state index contributed by atoms with van der Waals surface area (Å²) in [7, 11) is 1.59. The summed E-state index contributed by atoms with van der Waals surface area (Å²) in [6.07, 6.45) is 1.84. The third-order valence-electron chi connectivity index (χ3n) is 4.76. The number of imidazole rings is 1. The van der Waals surface area contributed by atoms with E-state index in [1.165, 1.54) is 11.6 Å².